The average Bonchev–Trinajstić information content (AvgIpc) is 3.35. The van der Waals surface area contributed by atoms with Gasteiger partial charge in [0.25, 0.3) is 0 Å². The average molecular weight is 343 g/mol. The standard InChI is InChI=1S/C20H17N5O/c1-2-9-21-14(4-1)13-26-20-12-16(15-5-3-6-17(15)23-20)18-7-8-19-22-10-11-25(19)24-18/h1-2,4,7-12H,3,5-6,13H2. The van der Waals surface area contributed by atoms with Gasteiger partial charge in [-0.05, 0) is 49.1 Å². The van der Waals surface area contributed by atoms with Gasteiger partial charge in [-0.15, -0.1) is 0 Å². The van der Waals surface area contributed by atoms with Crippen LogP contribution in [-0.4, -0.2) is 24.6 Å². The third-order valence-corrected chi connectivity index (χ3v) is 4.65. The third kappa shape index (κ3) is 2.69. The van der Waals surface area contributed by atoms with Gasteiger partial charge in [0.05, 0.1) is 11.4 Å². The number of fused-ring (bicyclic) bond motifs is 2. The summed E-state index contributed by atoms with van der Waals surface area (Å²) in [5.41, 5.74) is 6.13. The number of ether oxygens (including phenoxy) is 1. The van der Waals surface area contributed by atoms with Gasteiger partial charge in [0.2, 0.25) is 5.88 Å². The molecule has 0 aromatic carbocycles. The van der Waals surface area contributed by atoms with Crippen LogP contribution >= 0.6 is 0 Å². The highest BCUT2D eigenvalue weighted by Crippen LogP contribution is 2.33. The first kappa shape index (κ1) is 15.0. The molecule has 0 saturated heterocycles. The van der Waals surface area contributed by atoms with Crippen molar-refractivity contribution in [1.29, 1.82) is 0 Å². The molecule has 0 bridgehead atoms. The Morgan fingerprint density at radius 3 is 2.96 bits per heavy atom. The summed E-state index contributed by atoms with van der Waals surface area (Å²) in [4.78, 5) is 13.3. The number of pyridine rings is 2. The Kier molecular flexibility index (Phi) is 3.59. The van der Waals surface area contributed by atoms with Crippen molar-refractivity contribution in [3.05, 3.63) is 71.9 Å². The lowest BCUT2D eigenvalue weighted by molar-refractivity contribution is 0.288. The van der Waals surface area contributed by atoms with E-state index in [1.54, 1.807) is 16.9 Å². The largest absolute Gasteiger partial charge is 0.471 e. The highest BCUT2D eigenvalue weighted by Gasteiger charge is 2.20. The maximum absolute atomic E-state index is 5.93. The summed E-state index contributed by atoms with van der Waals surface area (Å²) in [5.74, 6) is 0.624. The SMILES string of the molecule is c1ccc(COc2cc(-c3ccc4nccn4n3)c3c(n2)CCC3)nc1. The number of aryl methyl sites for hydroxylation is 1. The van der Waals surface area contributed by atoms with Gasteiger partial charge in [-0.1, -0.05) is 6.07 Å². The van der Waals surface area contributed by atoms with E-state index >= 15 is 0 Å². The van der Waals surface area contributed by atoms with Crippen LogP contribution in [0.4, 0.5) is 0 Å². The Morgan fingerprint density at radius 2 is 2.04 bits per heavy atom. The number of aromatic nitrogens is 5. The van der Waals surface area contributed by atoms with Crippen molar-refractivity contribution in [2.24, 2.45) is 0 Å². The molecule has 0 spiro atoms. The van der Waals surface area contributed by atoms with Crippen molar-refractivity contribution in [3.63, 3.8) is 0 Å². The Morgan fingerprint density at radius 1 is 1.04 bits per heavy atom. The molecule has 5 rings (SSSR count). The summed E-state index contributed by atoms with van der Waals surface area (Å²) < 4.78 is 7.73. The normalized spacial score (nSPS) is 13.1. The van der Waals surface area contributed by atoms with Gasteiger partial charge < -0.3 is 4.74 Å². The van der Waals surface area contributed by atoms with E-state index in [2.05, 4.69) is 9.97 Å². The molecule has 1 aliphatic carbocycles. The van der Waals surface area contributed by atoms with Crippen LogP contribution in [0.2, 0.25) is 0 Å². The molecule has 4 heterocycles. The number of rotatable bonds is 4. The molecular weight excluding hydrogens is 326 g/mol. The van der Waals surface area contributed by atoms with Crippen LogP contribution in [0.3, 0.4) is 0 Å². The number of imidazole rings is 1. The quantitative estimate of drug-likeness (QED) is 0.569. The second-order valence-electron chi connectivity index (χ2n) is 6.35. The molecule has 1 aliphatic rings. The summed E-state index contributed by atoms with van der Waals surface area (Å²) >= 11 is 0. The minimum absolute atomic E-state index is 0.403. The molecule has 0 saturated carbocycles. The fourth-order valence-corrected chi connectivity index (χ4v) is 3.41. The Balaban J connectivity index is 1.53. The van der Waals surface area contributed by atoms with Crippen LogP contribution in [0.5, 0.6) is 5.88 Å². The highest BCUT2D eigenvalue weighted by atomic mass is 16.5. The molecule has 6 heteroatoms. The van der Waals surface area contributed by atoms with Gasteiger partial charge in [0, 0.05) is 35.9 Å². The van der Waals surface area contributed by atoms with Gasteiger partial charge in [-0.3, -0.25) is 4.98 Å². The lowest BCUT2D eigenvalue weighted by Gasteiger charge is -2.12. The molecule has 6 nitrogen and oxygen atoms in total. The Hall–Kier alpha value is -3.28. The maximum atomic E-state index is 5.93. The monoisotopic (exact) mass is 343 g/mol. The second-order valence-corrected chi connectivity index (χ2v) is 6.35. The van der Waals surface area contributed by atoms with E-state index in [4.69, 9.17) is 14.8 Å². The second kappa shape index (κ2) is 6.22. The predicted octanol–water partition coefficient (Wildman–Crippen LogP) is 3.25. The zero-order chi connectivity index (χ0) is 17.3. The topological polar surface area (TPSA) is 65.2 Å². The van der Waals surface area contributed by atoms with E-state index in [1.165, 1.54) is 5.56 Å². The van der Waals surface area contributed by atoms with Crippen LogP contribution in [0.15, 0.2) is 55.0 Å². The molecule has 4 aromatic heterocycles. The van der Waals surface area contributed by atoms with E-state index < -0.39 is 0 Å². The summed E-state index contributed by atoms with van der Waals surface area (Å²) in [6, 6.07) is 11.8. The zero-order valence-electron chi connectivity index (χ0n) is 14.2. The summed E-state index contributed by atoms with van der Waals surface area (Å²) in [7, 11) is 0. The lowest BCUT2D eigenvalue weighted by Crippen LogP contribution is -2.03. The summed E-state index contributed by atoms with van der Waals surface area (Å²) in [6.45, 7) is 0.403. The van der Waals surface area contributed by atoms with E-state index in [9.17, 15) is 0 Å². The van der Waals surface area contributed by atoms with Crippen LogP contribution in [-0.2, 0) is 19.4 Å². The first-order chi connectivity index (χ1) is 12.9. The molecular formula is C20H17N5O. The fourth-order valence-electron chi connectivity index (χ4n) is 3.41. The number of hydrogen-bond donors (Lipinski definition) is 0. The van der Waals surface area contributed by atoms with Crippen LogP contribution in [0.1, 0.15) is 23.4 Å². The van der Waals surface area contributed by atoms with Crippen molar-refractivity contribution in [3.8, 4) is 17.1 Å². The van der Waals surface area contributed by atoms with Crippen LogP contribution in [0.25, 0.3) is 16.9 Å². The van der Waals surface area contributed by atoms with Gasteiger partial charge in [0.15, 0.2) is 5.65 Å². The zero-order valence-corrected chi connectivity index (χ0v) is 14.2. The predicted molar refractivity (Wildman–Crippen MR) is 96.8 cm³/mol. The third-order valence-electron chi connectivity index (χ3n) is 4.65. The van der Waals surface area contributed by atoms with Crippen molar-refractivity contribution < 1.29 is 4.74 Å². The smallest absolute Gasteiger partial charge is 0.214 e. The molecule has 0 unspecified atom stereocenters. The molecule has 0 atom stereocenters. The molecule has 4 aromatic rings. The molecule has 0 radical (unpaired) electrons. The minimum atomic E-state index is 0.403. The lowest BCUT2D eigenvalue weighted by atomic mass is 10.0. The van der Waals surface area contributed by atoms with Crippen molar-refractivity contribution >= 4 is 5.65 Å². The van der Waals surface area contributed by atoms with Crippen LogP contribution < -0.4 is 4.74 Å². The van der Waals surface area contributed by atoms with Gasteiger partial charge in [0.1, 0.15) is 6.61 Å². The van der Waals surface area contributed by atoms with E-state index in [0.717, 1.165) is 47.6 Å². The van der Waals surface area contributed by atoms with E-state index in [-0.39, 0.29) is 0 Å². The van der Waals surface area contributed by atoms with Gasteiger partial charge >= 0.3 is 0 Å². The van der Waals surface area contributed by atoms with Crippen molar-refractivity contribution in [1.82, 2.24) is 24.6 Å². The molecule has 0 fully saturated rings. The van der Waals surface area contributed by atoms with Crippen molar-refractivity contribution in [2.75, 3.05) is 0 Å². The number of hydrogen-bond acceptors (Lipinski definition) is 5. The maximum Gasteiger partial charge on any atom is 0.214 e. The molecule has 0 N–H and O–H groups in total. The molecule has 0 amide bonds. The van der Waals surface area contributed by atoms with E-state index in [0.29, 0.717) is 12.5 Å². The summed E-state index contributed by atoms with van der Waals surface area (Å²) in [5, 5.41) is 4.70. The van der Waals surface area contributed by atoms with E-state index in [1.807, 2.05) is 42.6 Å². The van der Waals surface area contributed by atoms with Crippen LogP contribution in [0, 0.1) is 0 Å². The molecule has 0 aliphatic heterocycles. The first-order valence-corrected chi connectivity index (χ1v) is 8.73. The Labute approximate surface area is 150 Å². The Bertz CT molecular complexity index is 1070. The van der Waals surface area contributed by atoms with Gasteiger partial charge in [-0.25, -0.2) is 14.5 Å². The van der Waals surface area contributed by atoms with Gasteiger partial charge in [-0.2, -0.15) is 5.10 Å². The fraction of sp³-hybridized carbons (Fsp3) is 0.200. The van der Waals surface area contributed by atoms with Crippen molar-refractivity contribution in [2.45, 2.75) is 25.9 Å². The first-order valence-electron chi connectivity index (χ1n) is 8.73. The number of nitrogens with zero attached hydrogens (tertiary/aromatic N) is 5. The minimum Gasteiger partial charge on any atom is -0.471 e. The molecule has 26 heavy (non-hydrogen) atoms. The highest BCUT2D eigenvalue weighted by molar-refractivity contribution is 5.67. The molecule has 128 valence electrons. The summed E-state index contributed by atoms with van der Waals surface area (Å²) in [6.07, 6.45) is 8.51.